The van der Waals surface area contributed by atoms with Crippen molar-refractivity contribution < 1.29 is 4.74 Å². The van der Waals surface area contributed by atoms with E-state index in [9.17, 15) is 0 Å². The van der Waals surface area contributed by atoms with Gasteiger partial charge in [-0.15, -0.1) is 0 Å². The average molecular weight is 362 g/mol. The molecule has 1 aromatic rings. The lowest BCUT2D eigenvalue weighted by molar-refractivity contribution is 0.173. The van der Waals surface area contributed by atoms with E-state index in [2.05, 4.69) is 50.9 Å². The van der Waals surface area contributed by atoms with Crippen LogP contribution in [0.5, 0.6) is 5.75 Å². The van der Waals surface area contributed by atoms with Crippen molar-refractivity contribution in [2.45, 2.75) is 32.6 Å². The first-order valence-corrected chi connectivity index (χ1v) is 8.02. The Bertz CT molecular complexity index is 384. The van der Waals surface area contributed by atoms with Crippen LogP contribution in [0.25, 0.3) is 0 Å². The summed E-state index contributed by atoms with van der Waals surface area (Å²) in [6, 6.07) is 6.19. The van der Waals surface area contributed by atoms with Gasteiger partial charge in [0.05, 0.1) is 6.61 Å². The van der Waals surface area contributed by atoms with Crippen LogP contribution in [0.4, 0.5) is 0 Å². The van der Waals surface area contributed by atoms with Gasteiger partial charge in [-0.2, -0.15) is 0 Å². The smallest absolute Gasteiger partial charge is 0.122 e. The summed E-state index contributed by atoms with van der Waals surface area (Å²) in [6.45, 7) is 2.93. The highest BCUT2D eigenvalue weighted by Crippen LogP contribution is 2.40. The van der Waals surface area contributed by atoms with Crippen LogP contribution in [0.15, 0.2) is 22.7 Å². The molecule has 2 rings (SSSR count). The second-order valence-electron chi connectivity index (χ2n) is 5.04. The Balaban J connectivity index is 2.01. The molecule has 0 saturated heterocycles. The molecule has 0 spiro atoms. The van der Waals surface area contributed by atoms with Crippen molar-refractivity contribution in [1.82, 2.24) is 0 Å². The van der Waals surface area contributed by atoms with E-state index in [0.29, 0.717) is 5.41 Å². The SMILES string of the molecule is Cc1cc(Br)ccc1OCC1(CBr)CCCC1. The minimum atomic E-state index is 0.361. The van der Waals surface area contributed by atoms with E-state index in [-0.39, 0.29) is 0 Å². The molecule has 1 nitrogen and oxygen atoms in total. The van der Waals surface area contributed by atoms with Crippen LogP contribution in [0.2, 0.25) is 0 Å². The van der Waals surface area contributed by atoms with E-state index in [1.165, 1.54) is 31.2 Å². The molecule has 0 amide bonds. The van der Waals surface area contributed by atoms with Crippen molar-refractivity contribution >= 4 is 31.9 Å². The lowest BCUT2D eigenvalue weighted by atomic mass is 9.90. The maximum Gasteiger partial charge on any atom is 0.122 e. The second kappa shape index (κ2) is 5.75. The Morgan fingerprint density at radius 2 is 2.00 bits per heavy atom. The first kappa shape index (κ1) is 13.4. The second-order valence-corrected chi connectivity index (χ2v) is 6.52. The lowest BCUT2D eigenvalue weighted by Gasteiger charge is -2.26. The minimum absolute atomic E-state index is 0.361. The zero-order chi connectivity index (χ0) is 12.3. The summed E-state index contributed by atoms with van der Waals surface area (Å²) >= 11 is 7.12. The molecule has 0 N–H and O–H groups in total. The van der Waals surface area contributed by atoms with Crippen molar-refractivity contribution in [3.05, 3.63) is 28.2 Å². The van der Waals surface area contributed by atoms with Gasteiger partial charge in [-0.05, 0) is 43.5 Å². The molecule has 1 aliphatic rings. The maximum absolute atomic E-state index is 6.02. The minimum Gasteiger partial charge on any atom is -0.493 e. The van der Waals surface area contributed by atoms with Crippen LogP contribution in [0.1, 0.15) is 31.2 Å². The van der Waals surface area contributed by atoms with Gasteiger partial charge in [0.2, 0.25) is 0 Å². The summed E-state index contributed by atoms with van der Waals surface area (Å²) in [7, 11) is 0. The number of hydrogen-bond donors (Lipinski definition) is 0. The Hall–Kier alpha value is -0.0200. The molecule has 0 bridgehead atoms. The fraction of sp³-hybridized carbons (Fsp3) is 0.571. The monoisotopic (exact) mass is 360 g/mol. The number of rotatable bonds is 4. The average Bonchev–Trinajstić information content (AvgIpc) is 2.77. The maximum atomic E-state index is 6.02. The molecule has 17 heavy (non-hydrogen) atoms. The Morgan fingerprint density at radius 1 is 1.29 bits per heavy atom. The Kier molecular flexibility index (Phi) is 4.53. The summed E-state index contributed by atoms with van der Waals surface area (Å²) < 4.78 is 7.13. The van der Waals surface area contributed by atoms with E-state index in [1.807, 2.05) is 6.07 Å². The molecular formula is C14H18Br2O. The van der Waals surface area contributed by atoms with E-state index in [0.717, 1.165) is 22.2 Å². The van der Waals surface area contributed by atoms with Gasteiger partial charge >= 0.3 is 0 Å². The third-order valence-electron chi connectivity index (χ3n) is 3.62. The predicted octanol–water partition coefficient (Wildman–Crippen LogP) is 5.09. The standard InChI is InChI=1S/C14H18Br2O/c1-11-8-12(16)4-5-13(11)17-10-14(9-15)6-2-3-7-14/h4-5,8H,2-3,6-7,9-10H2,1H3. The van der Waals surface area contributed by atoms with Gasteiger partial charge in [0.1, 0.15) is 5.75 Å². The number of aryl methyl sites for hydroxylation is 1. The molecule has 1 saturated carbocycles. The third-order valence-corrected chi connectivity index (χ3v) is 5.30. The third kappa shape index (κ3) is 3.25. The molecule has 0 aliphatic heterocycles. The van der Waals surface area contributed by atoms with Crippen molar-refractivity contribution in [3.63, 3.8) is 0 Å². The summed E-state index contributed by atoms with van der Waals surface area (Å²) in [5, 5.41) is 1.05. The molecule has 0 unspecified atom stereocenters. The van der Waals surface area contributed by atoms with Gasteiger partial charge < -0.3 is 4.74 Å². The van der Waals surface area contributed by atoms with Crippen LogP contribution in [-0.4, -0.2) is 11.9 Å². The largest absolute Gasteiger partial charge is 0.493 e. The number of ether oxygens (including phenoxy) is 1. The topological polar surface area (TPSA) is 9.23 Å². The highest BCUT2D eigenvalue weighted by molar-refractivity contribution is 9.10. The van der Waals surface area contributed by atoms with Crippen molar-refractivity contribution in [3.8, 4) is 5.75 Å². The molecule has 1 aromatic carbocycles. The number of benzene rings is 1. The first-order valence-electron chi connectivity index (χ1n) is 6.10. The zero-order valence-electron chi connectivity index (χ0n) is 10.1. The molecule has 3 heteroatoms. The number of hydrogen-bond acceptors (Lipinski definition) is 1. The summed E-state index contributed by atoms with van der Waals surface area (Å²) in [4.78, 5) is 0. The predicted molar refractivity (Wildman–Crippen MR) is 79.1 cm³/mol. The quantitative estimate of drug-likeness (QED) is 0.678. The van der Waals surface area contributed by atoms with Gasteiger partial charge in [0.15, 0.2) is 0 Å². The highest BCUT2D eigenvalue weighted by atomic mass is 79.9. The molecule has 1 fully saturated rings. The van der Waals surface area contributed by atoms with E-state index in [4.69, 9.17) is 4.74 Å². The summed E-state index contributed by atoms with van der Waals surface area (Å²) in [5.41, 5.74) is 1.56. The highest BCUT2D eigenvalue weighted by Gasteiger charge is 2.33. The van der Waals surface area contributed by atoms with E-state index >= 15 is 0 Å². The van der Waals surface area contributed by atoms with E-state index < -0.39 is 0 Å². The van der Waals surface area contributed by atoms with Crippen molar-refractivity contribution in [2.24, 2.45) is 5.41 Å². The van der Waals surface area contributed by atoms with Crippen LogP contribution in [-0.2, 0) is 0 Å². The van der Waals surface area contributed by atoms with Gasteiger partial charge in [-0.25, -0.2) is 0 Å². The summed E-state index contributed by atoms with van der Waals surface area (Å²) in [6.07, 6.45) is 5.25. The lowest BCUT2D eigenvalue weighted by Crippen LogP contribution is -2.27. The molecule has 0 radical (unpaired) electrons. The van der Waals surface area contributed by atoms with Crippen LogP contribution in [0.3, 0.4) is 0 Å². The van der Waals surface area contributed by atoms with E-state index in [1.54, 1.807) is 0 Å². The molecule has 94 valence electrons. The van der Waals surface area contributed by atoms with Crippen LogP contribution >= 0.6 is 31.9 Å². The van der Waals surface area contributed by atoms with Gasteiger partial charge in [0, 0.05) is 15.2 Å². The molecule has 0 heterocycles. The Labute approximate surface area is 120 Å². The van der Waals surface area contributed by atoms with Gasteiger partial charge in [-0.3, -0.25) is 0 Å². The van der Waals surface area contributed by atoms with Crippen molar-refractivity contribution in [2.75, 3.05) is 11.9 Å². The number of alkyl halides is 1. The van der Waals surface area contributed by atoms with Crippen molar-refractivity contribution in [1.29, 1.82) is 0 Å². The molecular weight excluding hydrogens is 344 g/mol. The molecule has 0 aromatic heterocycles. The normalized spacial score (nSPS) is 18.3. The fourth-order valence-corrected chi connectivity index (χ4v) is 3.65. The number of halogens is 2. The van der Waals surface area contributed by atoms with Crippen LogP contribution in [0, 0.1) is 12.3 Å². The zero-order valence-corrected chi connectivity index (χ0v) is 13.3. The molecule has 1 aliphatic carbocycles. The Morgan fingerprint density at radius 3 is 2.59 bits per heavy atom. The molecule has 0 atom stereocenters. The fourth-order valence-electron chi connectivity index (χ4n) is 2.45. The van der Waals surface area contributed by atoms with Gasteiger partial charge in [-0.1, -0.05) is 44.7 Å². The van der Waals surface area contributed by atoms with Gasteiger partial charge in [0.25, 0.3) is 0 Å². The van der Waals surface area contributed by atoms with Crippen LogP contribution < -0.4 is 4.74 Å². The first-order chi connectivity index (χ1) is 8.15. The summed E-state index contributed by atoms with van der Waals surface area (Å²) in [5.74, 6) is 1.01.